The van der Waals surface area contributed by atoms with E-state index in [1.165, 1.54) is 5.56 Å². The minimum Gasteiger partial charge on any atom is -0.480 e. The van der Waals surface area contributed by atoms with Crippen LogP contribution in [-0.2, 0) is 4.79 Å². The molecular formula is C15H22N2O2. The Balaban J connectivity index is 2.22. The molecule has 1 aromatic carbocycles. The molecule has 1 fully saturated rings. The van der Waals surface area contributed by atoms with E-state index in [9.17, 15) is 4.79 Å². The first-order valence-electron chi connectivity index (χ1n) is 6.72. The number of benzene rings is 1. The first-order valence-corrected chi connectivity index (χ1v) is 6.72. The SMILES string of the molecule is CNC(C)c1cc(C)ccc1OC1CCN(C)C1=O. The van der Waals surface area contributed by atoms with Gasteiger partial charge < -0.3 is 15.0 Å². The molecule has 2 unspecified atom stereocenters. The summed E-state index contributed by atoms with van der Waals surface area (Å²) in [6, 6.07) is 6.29. The van der Waals surface area contributed by atoms with Gasteiger partial charge in [0.15, 0.2) is 6.10 Å². The van der Waals surface area contributed by atoms with E-state index in [-0.39, 0.29) is 18.1 Å². The van der Waals surface area contributed by atoms with Crippen LogP contribution in [0, 0.1) is 6.92 Å². The lowest BCUT2D eigenvalue weighted by molar-refractivity contribution is -0.132. The van der Waals surface area contributed by atoms with Crippen molar-refractivity contribution in [1.29, 1.82) is 0 Å². The Kier molecular flexibility index (Phi) is 4.10. The molecule has 0 radical (unpaired) electrons. The van der Waals surface area contributed by atoms with Gasteiger partial charge in [-0.2, -0.15) is 0 Å². The summed E-state index contributed by atoms with van der Waals surface area (Å²) in [6.07, 6.45) is 0.423. The van der Waals surface area contributed by atoms with Gasteiger partial charge in [0.1, 0.15) is 5.75 Å². The average molecular weight is 262 g/mol. The highest BCUT2D eigenvalue weighted by Gasteiger charge is 2.31. The van der Waals surface area contributed by atoms with Crippen LogP contribution in [0.5, 0.6) is 5.75 Å². The van der Waals surface area contributed by atoms with Crippen molar-refractivity contribution in [3.05, 3.63) is 29.3 Å². The van der Waals surface area contributed by atoms with Gasteiger partial charge in [-0.15, -0.1) is 0 Å². The maximum Gasteiger partial charge on any atom is 0.263 e. The fourth-order valence-electron chi connectivity index (χ4n) is 2.32. The van der Waals surface area contributed by atoms with Gasteiger partial charge in [0.25, 0.3) is 5.91 Å². The molecule has 1 N–H and O–H groups in total. The quantitative estimate of drug-likeness (QED) is 0.901. The summed E-state index contributed by atoms with van der Waals surface area (Å²) in [5.74, 6) is 0.879. The molecule has 1 saturated heterocycles. The van der Waals surface area contributed by atoms with Crippen LogP contribution in [-0.4, -0.2) is 37.6 Å². The van der Waals surface area contributed by atoms with Gasteiger partial charge >= 0.3 is 0 Å². The number of hydrogen-bond acceptors (Lipinski definition) is 3. The summed E-state index contributed by atoms with van der Waals surface area (Å²) < 4.78 is 5.94. The van der Waals surface area contributed by atoms with Gasteiger partial charge in [-0.1, -0.05) is 17.7 Å². The van der Waals surface area contributed by atoms with Crippen molar-refractivity contribution in [1.82, 2.24) is 10.2 Å². The first kappa shape index (κ1) is 13.9. The Morgan fingerprint density at radius 2 is 2.21 bits per heavy atom. The Morgan fingerprint density at radius 1 is 1.47 bits per heavy atom. The predicted molar refractivity (Wildman–Crippen MR) is 75.3 cm³/mol. The molecule has 1 heterocycles. The number of aryl methyl sites for hydroxylation is 1. The van der Waals surface area contributed by atoms with Gasteiger partial charge in [0.05, 0.1) is 0 Å². The monoisotopic (exact) mass is 262 g/mol. The van der Waals surface area contributed by atoms with Crippen LogP contribution >= 0.6 is 0 Å². The number of rotatable bonds is 4. The normalized spacial score (nSPS) is 20.7. The number of amides is 1. The lowest BCUT2D eigenvalue weighted by Crippen LogP contribution is -2.30. The van der Waals surface area contributed by atoms with Gasteiger partial charge in [0, 0.05) is 31.6 Å². The van der Waals surface area contributed by atoms with Crippen LogP contribution in [0.15, 0.2) is 18.2 Å². The molecule has 0 aliphatic carbocycles. The van der Waals surface area contributed by atoms with E-state index < -0.39 is 0 Å². The summed E-state index contributed by atoms with van der Waals surface area (Å²) in [5, 5.41) is 3.22. The third kappa shape index (κ3) is 2.89. The molecular weight excluding hydrogens is 240 g/mol. The number of hydrogen-bond donors (Lipinski definition) is 1. The number of nitrogens with one attached hydrogen (secondary N) is 1. The molecule has 0 bridgehead atoms. The van der Waals surface area contributed by atoms with Crippen molar-refractivity contribution in [3.8, 4) is 5.75 Å². The molecule has 0 spiro atoms. The van der Waals surface area contributed by atoms with E-state index in [4.69, 9.17) is 4.74 Å². The third-order valence-electron chi connectivity index (χ3n) is 3.71. The molecule has 2 rings (SSSR count). The molecule has 104 valence electrons. The molecule has 4 heteroatoms. The lowest BCUT2D eigenvalue weighted by atomic mass is 10.0. The molecule has 4 nitrogen and oxygen atoms in total. The minimum atomic E-state index is -0.337. The zero-order valence-electron chi connectivity index (χ0n) is 12.1. The molecule has 1 aliphatic heterocycles. The van der Waals surface area contributed by atoms with Gasteiger partial charge in [-0.05, 0) is 27.0 Å². The molecule has 1 aliphatic rings. The maximum atomic E-state index is 11.9. The number of carbonyl (C=O) groups is 1. The van der Waals surface area contributed by atoms with Gasteiger partial charge in [-0.3, -0.25) is 4.79 Å². The molecule has 1 amide bonds. The summed E-state index contributed by atoms with van der Waals surface area (Å²) in [6.45, 7) is 4.92. The first-order chi connectivity index (χ1) is 9.02. The number of likely N-dealkylation sites (tertiary alicyclic amines) is 1. The highest BCUT2D eigenvalue weighted by molar-refractivity contribution is 5.83. The number of carbonyl (C=O) groups excluding carboxylic acids is 1. The van der Waals surface area contributed by atoms with Crippen LogP contribution in [0.3, 0.4) is 0 Å². The second-order valence-electron chi connectivity index (χ2n) is 5.21. The number of likely N-dealkylation sites (N-methyl/N-ethyl adjacent to an activating group) is 1. The van der Waals surface area contributed by atoms with Crippen LogP contribution in [0.25, 0.3) is 0 Å². The fourth-order valence-corrected chi connectivity index (χ4v) is 2.32. The predicted octanol–water partition coefficient (Wildman–Crippen LogP) is 1.88. The summed E-state index contributed by atoms with van der Waals surface area (Å²) in [7, 11) is 3.74. The van der Waals surface area contributed by atoms with Crippen molar-refractivity contribution in [2.24, 2.45) is 0 Å². The summed E-state index contributed by atoms with van der Waals surface area (Å²) in [5.41, 5.74) is 2.30. The van der Waals surface area contributed by atoms with Gasteiger partial charge in [-0.25, -0.2) is 0 Å². The maximum absolute atomic E-state index is 11.9. The van der Waals surface area contributed by atoms with E-state index in [1.807, 2.05) is 26.2 Å². The van der Waals surface area contributed by atoms with Crippen molar-refractivity contribution >= 4 is 5.91 Å². The summed E-state index contributed by atoms with van der Waals surface area (Å²) in [4.78, 5) is 13.6. The molecule has 1 aromatic rings. The Morgan fingerprint density at radius 3 is 2.79 bits per heavy atom. The van der Waals surface area contributed by atoms with Crippen molar-refractivity contribution in [2.75, 3.05) is 20.6 Å². The third-order valence-corrected chi connectivity index (χ3v) is 3.71. The van der Waals surface area contributed by atoms with Crippen LogP contribution in [0.1, 0.15) is 30.5 Å². The number of nitrogens with zero attached hydrogens (tertiary/aromatic N) is 1. The van der Waals surface area contributed by atoms with Crippen molar-refractivity contribution in [2.45, 2.75) is 32.4 Å². The lowest BCUT2D eigenvalue weighted by Gasteiger charge is -2.20. The van der Waals surface area contributed by atoms with Gasteiger partial charge in [0.2, 0.25) is 0 Å². The Hall–Kier alpha value is -1.55. The van der Waals surface area contributed by atoms with Crippen LogP contribution in [0.2, 0.25) is 0 Å². The highest BCUT2D eigenvalue weighted by atomic mass is 16.5. The Labute approximate surface area is 114 Å². The standard InChI is InChI=1S/C15H22N2O2/c1-10-5-6-13(12(9-10)11(2)16-3)19-14-7-8-17(4)15(14)18/h5-6,9,11,14,16H,7-8H2,1-4H3. The molecule has 0 aromatic heterocycles. The zero-order chi connectivity index (χ0) is 14.0. The number of ether oxygens (including phenoxy) is 1. The Bertz CT molecular complexity index is 473. The van der Waals surface area contributed by atoms with Crippen LogP contribution in [0.4, 0.5) is 0 Å². The highest BCUT2D eigenvalue weighted by Crippen LogP contribution is 2.28. The van der Waals surface area contributed by atoms with Crippen molar-refractivity contribution < 1.29 is 9.53 Å². The smallest absolute Gasteiger partial charge is 0.263 e. The van der Waals surface area contributed by atoms with E-state index in [1.54, 1.807) is 4.90 Å². The van der Waals surface area contributed by atoms with E-state index >= 15 is 0 Å². The topological polar surface area (TPSA) is 41.6 Å². The second kappa shape index (κ2) is 5.61. The van der Waals surface area contributed by atoms with E-state index in [2.05, 4.69) is 25.2 Å². The molecule has 0 saturated carbocycles. The molecule has 19 heavy (non-hydrogen) atoms. The van der Waals surface area contributed by atoms with E-state index in [0.29, 0.717) is 0 Å². The van der Waals surface area contributed by atoms with Crippen molar-refractivity contribution in [3.63, 3.8) is 0 Å². The van der Waals surface area contributed by atoms with E-state index in [0.717, 1.165) is 24.3 Å². The average Bonchev–Trinajstić information content (AvgIpc) is 2.71. The van der Waals surface area contributed by atoms with Crippen LogP contribution < -0.4 is 10.1 Å². The fraction of sp³-hybridized carbons (Fsp3) is 0.533. The molecule has 2 atom stereocenters. The largest absolute Gasteiger partial charge is 0.480 e. The second-order valence-corrected chi connectivity index (χ2v) is 5.21. The summed E-state index contributed by atoms with van der Waals surface area (Å²) >= 11 is 0. The zero-order valence-corrected chi connectivity index (χ0v) is 12.1. The minimum absolute atomic E-state index is 0.0728.